The van der Waals surface area contributed by atoms with Gasteiger partial charge >= 0.3 is 5.97 Å². The van der Waals surface area contributed by atoms with Crippen LogP contribution < -0.4 is 0 Å². The lowest BCUT2D eigenvalue weighted by Gasteiger charge is -2.33. The summed E-state index contributed by atoms with van der Waals surface area (Å²) in [4.78, 5) is 30.6. The molecule has 1 aromatic rings. The molecule has 2 rings (SSSR count). The fourth-order valence-corrected chi connectivity index (χ4v) is 2.12. The number of H-pyrrole nitrogens is 1. The minimum atomic E-state index is -0.795. The first-order chi connectivity index (χ1) is 9.60. The lowest BCUT2D eigenvalue weighted by Crippen LogP contribution is -2.49. The van der Waals surface area contributed by atoms with Gasteiger partial charge in [-0.3, -0.25) is 19.6 Å². The predicted molar refractivity (Wildman–Crippen MR) is 70.4 cm³/mol. The van der Waals surface area contributed by atoms with E-state index in [1.54, 1.807) is 4.90 Å². The highest BCUT2D eigenvalue weighted by Gasteiger charge is 2.24. The van der Waals surface area contributed by atoms with E-state index >= 15 is 0 Å². The second kappa shape index (κ2) is 6.47. The van der Waals surface area contributed by atoms with Crippen molar-refractivity contribution in [3.63, 3.8) is 0 Å². The van der Waals surface area contributed by atoms with Gasteiger partial charge in [0.15, 0.2) is 0 Å². The molecule has 1 aliphatic heterocycles. The highest BCUT2D eigenvalue weighted by Crippen LogP contribution is 2.06. The molecule has 1 aromatic heterocycles. The van der Waals surface area contributed by atoms with E-state index in [2.05, 4.69) is 15.2 Å². The lowest BCUT2D eigenvalue weighted by molar-refractivity contribution is -0.137. The summed E-state index contributed by atoms with van der Waals surface area (Å²) in [5.74, 6) is -0.0514. The topological polar surface area (TPSA) is 102 Å². The number of aryl methyl sites for hydroxylation is 1. The molecule has 0 aliphatic carbocycles. The average Bonchev–Trinajstić information content (AvgIpc) is 2.94. The van der Waals surface area contributed by atoms with Crippen LogP contribution >= 0.6 is 0 Å². The number of hydrogen-bond donors (Lipinski definition) is 2. The van der Waals surface area contributed by atoms with E-state index in [0.717, 1.165) is 0 Å². The van der Waals surface area contributed by atoms with Crippen molar-refractivity contribution in [1.82, 2.24) is 25.0 Å². The second-order valence-corrected chi connectivity index (χ2v) is 4.74. The molecule has 0 bridgehead atoms. The zero-order valence-corrected chi connectivity index (χ0v) is 11.5. The van der Waals surface area contributed by atoms with Crippen LogP contribution in [0.15, 0.2) is 0 Å². The van der Waals surface area contributed by atoms with Gasteiger partial charge in [-0.15, -0.1) is 5.10 Å². The summed E-state index contributed by atoms with van der Waals surface area (Å²) in [6, 6.07) is 0. The number of carbonyl (C=O) groups excluding carboxylic acids is 1. The van der Waals surface area contributed by atoms with Crippen LogP contribution in [0.5, 0.6) is 0 Å². The van der Waals surface area contributed by atoms with Crippen molar-refractivity contribution in [3.8, 4) is 0 Å². The molecule has 0 aromatic carbocycles. The fraction of sp³-hybridized carbons (Fsp3) is 0.667. The summed E-state index contributed by atoms with van der Waals surface area (Å²) >= 11 is 0. The molecule has 1 amide bonds. The van der Waals surface area contributed by atoms with Crippen LogP contribution in [0.2, 0.25) is 0 Å². The maximum atomic E-state index is 12.2. The van der Waals surface area contributed by atoms with Crippen molar-refractivity contribution in [3.05, 3.63) is 11.6 Å². The number of carbonyl (C=O) groups is 2. The van der Waals surface area contributed by atoms with Gasteiger partial charge in [0.2, 0.25) is 5.82 Å². The number of carboxylic acid groups (broad SMARTS) is 1. The predicted octanol–water partition coefficient (Wildman–Crippen LogP) is -0.400. The number of aromatic nitrogens is 3. The Hall–Kier alpha value is -1.96. The number of hydrogen-bond acceptors (Lipinski definition) is 5. The number of piperazine rings is 1. The Kier molecular flexibility index (Phi) is 4.67. The zero-order valence-electron chi connectivity index (χ0n) is 11.5. The molecule has 2 N–H and O–H groups in total. The van der Waals surface area contributed by atoms with Gasteiger partial charge in [0, 0.05) is 39.1 Å². The van der Waals surface area contributed by atoms with E-state index in [1.807, 2.05) is 11.8 Å². The number of nitrogens with zero attached hydrogens (tertiary/aromatic N) is 4. The first-order valence-corrected chi connectivity index (χ1v) is 6.75. The van der Waals surface area contributed by atoms with Gasteiger partial charge in [0.05, 0.1) is 6.42 Å². The van der Waals surface area contributed by atoms with Crippen molar-refractivity contribution in [2.24, 2.45) is 0 Å². The Morgan fingerprint density at radius 2 is 2.00 bits per heavy atom. The van der Waals surface area contributed by atoms with E-state index < -0.39 is 5.97 Å². The first kappa shape index (κ1) is 14.4. The second-order valence-electron chi connectivity index (χ2n) is 4.74. The van der Waals surface area contributed by atoms with Gasteiger partial charge in [-0.2, -0.15) is 0 Å². The minimum absolute atomic E-state index is 0.134. The van der Waals surface area contributed by atoms with E-state index in [1.165, 1.54) is 0 Å². The Bertz CT molecular complexity index is 479. The highest BCUT2D eigenvalue weighted by atomic mass is 16.4. The standard InChI is InChI=1S/C12H19N5O3/c1-2-9-13-11(15-14-9)12(20)17-7-5-16(6-8-17)4-3-10(18)19/h2-8H2,1H3,(H,18,19)(H,13,14,15). The van der Waals surface area contributed by atoms with Gasteiger partial charge in [-0.25, -0.2) is 4.98 Å². The maximum Gasteiger partial charge on any atom is 0.304 e. The number of rotatable bonds is 5. The summed E-state index contributed by atoms with van der Waals surface area (Å²) in [7, 11) is 0. The van der Waals surface area contributed by atoms with Gasteiger partial charge in [0.25, 0.3) is 5.91 Å². The number of nitrogens with one attached hydrogen (secondary N) is 1. The molecule has 110 valence electrons. The monoisotopic (exact) mass is 281 g/mol. The van der Waals surface area contributed by atoms with E-state index in [4.69, 9.17) is 5.11 Å². The molecule has 2 heterocycles. The van der Waals surface area contributed by atoms with Crippen molar-refractivity contribution in [2.75, 3.05) is 32.7 Å². The van der Waals surface area contributed by atoms with Crippen LogP contribution in [0, 0.1) is 0 Å². The summed E-state index contributed by atoms with van der Waals surface area (Å²) in [6.07, 6.45) is 0.845. The van der Waals surface area contributed by atoms with Gasteiger partial charge in [-0.05, 0) is 0 Å². The van der Waals surface area contributed by atoms with E-state index in [9.17, 15) is 9.59 Å². The normalized spacial score (nSPS) is 16.4. The van der Waals surface area contributed by atoms with E-state index in [-0.39, 0.29) is 18.2 Å². The third-order valence-electron chi connectivity index (χ3n) is 3.36. The van der Waals surface area contributed by atoms with Gasteiger partial charge < -0.3 is 10.0 Å². The molecule has 0 saturated carbocycles. The molecule has 8 nitrogen and oxygen atoms in total. The molecular weight excluding hydrogens is 262 g/mol. The van der Waals surface area contributed by atoms with Crippen LogP contribution in [-0.2, 0) is 11.2 Å². The van der Waals surface area contributed by atoms with Crippen LogP contribution in [0.25, 0.3) is 0 Å². The van der Waals surface area contributed by atoms with Gasteiger partial charge in [0.1, 0.15) is 5.82 Å². The molecular formula is C12H19N5O3. The smallest absolute Gasteiger partial charge is 0.304 e. The van der Waals surface area contributed by atoms with Crippen molar-refractivity contribution in [1.29, 1.82) is 0 Å². The van der Waals surface area contributed by atoms with Gasteiger partial charge in [-0.1, -0.05) is 6.92 Å². The fourth-order valence-electron chi connectivity index (χ4n) is 2.12. The first-order valence-electron chi connectivity index (χ1n) is 6.75. The summed E-state index contributed by atoms with van der Waals surface area (Å²) in [6.45, 7) is 4.99. The molecule has 0 spiro atoms. The molecule has 8 heteroatoms. The maximum absolute atomic E-state index is 12.2. The lowest BCUT2D eigenvalue weighted by atomic mass is 10.3. The Balaban J connectivity index is 1.84. The average molecular weight is 281 g/mol. The number of aromatic amines is 1. The quantitative estimate of drug-likeness (QED) is 0.761. The number of carboxylic acids is 1. The summed E-state index contributed by atoms with van der Waals surface area (Å²) in [5.41, 5.74) is 0. The van der Waals surface area contributed by atoms with Crippen LogP contribution in [0.4, 0.5) is 0 Å². The number of aliphatic carboxylic acids is 1. The summed E-state index contributed by atoms with van der Waals surface area (Å²) in [5, 5.41) is 15.3. The highest BCUT2D eigenvalue weighted by molar-refractivity contribution is 5.90. The largest absolute Gasteiger partial charge is 0.481 e. The SMILES string of the molecule is CCc1nc(C(=O)N2CCN(CCC(=O)O)CC2)n[nH]1. The minimum Gasteiger partial charge on any atom is -0.481 e. The van der Waals surface area contributed by atoms with Crippen molar-refractivity contribution < 1.29 is 14.7 Å². The van der Waals surface area contributed by atoms with Crippen molar-refractivity contribution >= 4 is 11.9 Å². The molecule has 0 atom stereocenters. The number of amides is 1. The molecule has 1 aliphatic rings. The van der Waals surface area contributed by atoms with Crippen LogP contribution in [-0.4, -0.2) is 74.7 Å². The van der Waals surface area contributed by atoms with Crippen molar-refractivity contribution in [2.45, 2.75) is 19.8 Å². The molecule has 0 unspecified atom stereocenters. The zero-order chi connectivity index (χ0) is 14.5. The Morgan fingerprint density at radius 3 is 2.55 bits per heavy atom. The Morgan fingerprint density at radius 1 is 1.30 bits per heavy atom. The third-order valence-corrected chi connectivity index (χ3v) is 3.36. The summed E-state index contributed by atoms with van der Waals surface area (Å²) < 4.78 is 0. The Labute approximate surface area is 116 Å². The van der Waals surface area contributed by atoms with E-state index in [0.29, 0.717) is 45.0 Å². The molecule has 20 heavy (non-hydrogen) atoms. The van der Waals surface area contributed by atoms with Crippen LogP contribution in [0.1, 0.15) is 29.8 Å². The molecule has 1 fully saturated rings. The molecule has 0 radical (unpaired) electrons. The molecule has 1 saturated heterocycles. The van der Waals surface area contributed by atoms with Crippen LogP contribution in [0.3, 0.4) is 0 Å². The third kappa shape index (κ3) is 3.53.